The molecule has 0 radical (unpaired) electrons. The molecule has 5 heteroatoms. The van der Waals surface area contributed by atoms with Crippen LogP contribution in [0, 0.1) is 6.92 Å². The molecule has 0 atom stereocenters. The van der Waals surface area contributed by atoms with Crippen LogP contribution in [0.2, 0.25) is 0 Å². The molecule has 3 aromatic rings. The van der Waals surface area contributed by atoms with E-state index in [1.807, 2.05) is 44.2 Å². The molecule has 1 aliphatic heterocycles. The van der Waals surface area contributed by atoms with Crippen LogP contribution in [0.4, 0.5) is 5.69 Å². The average Bonchev–Trinajstić information content (AvgIpc) is 3.16. The normalized spacial score (nSPS) is 12.5. The number of carbonyl (C=O) groups excluding carboxylic acids is 1. The van der Waals surface area contributed by atoms with Gasteiger partial charge in [0.1, 0.15) is 0 Å². The molecule has 1 N–H and O–H groups in total. The van der Waals surface area contributed by atoms with Gasteiger partial charge in [0.15, 0.2) is 5.78 Å². The number of carbonyl (C=O) groups is 1. The number of aryl methyl sites for hydroxylation is 2. The quantitative estimate of drug-likeness (QED) is 0.569. The summed E-state index contributed by atoms with van der Waals surface area (Å²) in [6.45, 7) is 3.82. The molecule has 4 rings (SSSR count). The zero-order valence-electron chi connectivity index (χ0n) is 17.4. The summed E-state index contributed by atoms with van der Waals surface area (Å²) in [5.74, 6) is 0.0817. The number of nitrogens with one attached hydrogen (secondary N) is 1. The van der Waals surface area contributed by atoms with Gasteiger partial charge in [-0.15, -0.1) is 0 Å². The SMILES string of the molecule is CCc1cc(-c2cncc(C(=O)CCCC3=Nc4ccccc4C3)c2)c(C)[nH]c1=O. The minimum atomic E-state index is -0.0593. The van der Waals surface area contributed by atoms with Crippen molar-refractivity contribution in [2.24, 2.45) is 4.99 Å². The Hall–Kier alpha value is -3.34. The molecule has 2 aromatic heterocycles. The van der Waals surface area contributed by atoms with Crippen LogP contribution >= 0.6 is 0 Å². The van der Waals surface area contributed by atoms with Crippen molar-refractivity contribution in [1.82, 2.24) is 9.97 Å². The van der Waals surface area contributed by atoms with Gasteiger partial charge < -0.3 is 4.98 Å². The highest BCUT2D eigenvalue weighted by Gasteiger charge is 2.15. The Bertz CT molecular complexity index is 1190. The Morgan fingerprint density at radius 3 is 2.80 bits per heavy atom. The summed E-state index contributed by atoms with van der Waals surface area (Å²) in [7, 11) is 0. The van der Waals surface area contributed by atoms with Gasteiger partial charge in [-0.1, -0.05) is 25.1 Å². The largest absolute Gasteiger partial charge is 0.326 e. The van der Waals surface area contributed by atoms with Gasteiger partial charge in [0.2, 0.25) is 0 Å². The predicted molar refractivity (Wildman–Crippen MR) is 120 cm³/mol. The van der Waals surface area contributed by atoms with E-state index >= 15 is 0 Å². The van der Waals surface area contributed by atoms with Crippen LogP contribution in [0.3, 0.4) is 0 Å². The molecule has 0 bridgehead atoms. The standard InChI is InChI=1S/C25H25N3O2/c1-3-17-13-22(16(2)27-25(17)30)19-11-20(15-26-14-19)24(29)10-6-8-21-12-18-7-4-5-9-23(18)28-21/h4-5,7,9,11,13-15H,3,6,8,10,12H2,1-2H3,(H,27,30). The number of ketones is 1. The van der Waals surface area contributed by atoms with Crippen molar-refractivity contribution in [3.63, 3.8) is 0 Å². The number of hydrogen-bond acceptors (Lipinski definition) is 4. The molecular formula is C25H25N3O2. The molecule has 0 saturated heterocycles. The molecule has 1 aromatic carbocycles. The van der Waals surface area contributed by atoms with Crippen molar-refractivity contribution in [3.05, 3.63) is 81.5 Å². The zero-order chi connectivity index (χ0) is 21.1. The van der Waals surface area contributed by atoms with Gasteiger partial charge in [0.25, 0.3) is 5.56 Å². The summed E-state index contributed by atoms with van der Waals surface area (Å²) < 4.78 is 0. The molecule has 0 amide bonds. The van der Waals surface area contributed by atoms with E-state index < -0.39 is 0 Å². The van der Waals surface area contributed by atoms with Crippen molar-refractivity contribution < 1.29 is 4.79 Å². The second-order valence-corrected chi connectivity index (χ2v) is 7.74. The monoisotopic (exact) mass is 399 g/mol. The molecule has 152 valence electrons. The third-order valence-electron chi connectivity index (χ3n) is 5.60. The molecule has 0 spiro atoms. The van der Waals surface area contributed by atoms with Gasteiger partial charge >= 0.3 is 0 Å². The number of nitrogens with zero attached hydrogens (tertiary/aromatic N) is 2. The minimum Gasteiger partial charge on any atom is -0.326 e. The van der Waals surface area contributed by atoms with Crippen LogP contribution in [0.15, 0.2) is 58.6 Å². The summed E-state index contributed by atoms with van der Waals surface area (Å²) in [4.78, 5) is 36.6. The highest BCUT2D eigenvalue weighted by atomic mass is 16.1. The minimum absolute atomic E-state index is 0.0593. The van der Waals surface area contributed by atoms with Gasteiger partial charge in [-0.3, -0.25) is 19.6 Å². The van der Waals surface area contributed by atoms with Gasteiger partial charge in [0.05, 0.1) is 5.69 Å². The fraction of sp³-hybridized carbons (Fsp3) is 0.280. The maximum Gasteiger partial charge on any atom is 0.251 e. The number of pyridine rings is 2. The Balaban J connectivity index is 1.43. The van der Waals surface area contributed by atoms with E-state index in [-0.39, 0.29) is 11.3 Å². The van der Waals surface area contributed by atoms with Crippen molar-refractivity contribution in [1.29, 1.82) is 0 Å². The predicted octanol–water partition coefficient (Wildman–Crippen LogP) is 4.99. The lowest BCUT2D eigenvalue weighted by molar-refractivity contribution is 0.0980. The number of aromatic amines is 1. The molecule has 0 unspecified atom stereocenters. The van der Waals surface area contributed by atoms with E-state index in [2.05, 4.69) is 21.0 Å². The van der Waals surface area contributed by atoms with Crippen LogP contribution in [-0.2, 0) is 12.8 Å². The average molecular weight is 399 g/mol. The van der Waals surface area contributed by atoms with Gasteiger partial charge in [0, 0.05) is 58.9 Å². The number of Topliss-reactive ketones (excluding diaryl/α,β-unsaturated/α-hetero) is 1. The highest BCUT2D eigenvalue weighted by molar-refractivity contribution is 5.98. The number of aliphatic imine (C=N–C) groups is 1. The summed E-state index contributed by atoms with van der Waals surface area (Å²) in [5, 5.41) is 0. The molecule has 0 saturated carbocycles. The molecule has 3 heterocycles. The maximum absolute atomic E-state index is 12.7. The van der Waals surface area contributed by atoms with Gasteiger partial charge in [-0.05, 0) is 49.9 Å². The van der Waals surface area contributed by atoms with E-state index in [0.29, 0.717) is 18.4 Å². The number of aromatic nitrogens is 2. The highest BCUT2D eigenvalue weighted by Crippen LogP contribution is 2.28. The van der Waals surface area contributed by atoms with Crippen molar-refractivity contribution in [3.8, 4) is 11.1 Å². The number of rotatable bonds is 7. The third-order valence-corrected chi connectivity index (χ3v) is 5.60. The second kappa shape index (κ2) is 8.57. The summed E-state index contributed by atoms with van der Waals surface area (Å²) >= 11 is 0. The topological polar surface area (TPSA) is 75.2 Å². The van der Waals surface area contributed by atoms with Crippen LogP contribution in [0.1, 0.15) is 53.4 Å². The van der Waals surface area contributed by atoms with Crippen LogP contribution in [0.25, 0.3) is 11.1 Å². The first-order chi connectivity index (χ1) is 14.5. The molecular weight excluding hydrogens is 374 g/mol. The number of benzene rings is 1. The lowest BCUT2D eigenvalue weighted by atomic mass is 9.99. The zero-order valence-corrected chi connectivity index (χ0v) is 17.4. The lowest BCUT2D eigenvalue weighted by Gasteiger charge is -2.09. The third kappa shape index (κ3) is 4.15. The molecule has 30 heavy (non-hydrogen) atoms. The lowest BCUT2D eigenvalue weighted by Crippen LogP contribution is -2.13. The summed E-state index contributed by atoms with van der Waals surface area (Å²) in [5.41, 5.74) is 7.27. The first-order valence-corrected chi connectivity index (χ1v) is 10.4. The number of para-hydroxylation sites is 1. The van der Waals surface area contributed by atoms with Crippen molar-refractivity contribution in [2.75, 3.05) is 0 Å². The molecule has 0 aliphatic carbocycles. The van der Waals surface area contributed by atoms with E-state index in [1.165, 1.54) is 5.56 Å². The molecule has 1 aliphatic rings. The van der Waals surface area contributed by atoms with Crippen LogP contribution in [0.5, 0.6) is 0 Å². The van der Waals surface area contributed by atoms with Crippen LogP contribution in [-0.4, -0.2) is 21.5 Å². The smallest absolute Gasteiger partial charge is 0.251 e. The van der Waals surface area contributed by atoms with Crippen molar-refractivity contribution in [2.45, 2.75) is 46.0 Å². The first kappa shape index (κ1) is 20.0. The Kier molecular flexibility index (Phi) is 5.70. The number of H-pyrrole nitrogens is 1. The molecule has 5 nitrogen and oxygen atoms in total. The fourth-order valence-corrected chi connectivity index (χ4v) is 3.91. The van der Waals surface area contributed by atoms with E-state index in [1.54, 1.807) is 12.4 Å². The van der Waals surface area contributed by atoms with E-state index in [0.717, 1.165) is 53.0 Å². The van der Waals surface area contributed by atoms with Crippen molar-refractivity contribution >= 4 is 17.2 Å². The van der Waals surface area contributed by atoms with Crippen LogP contribution < -0.4 is 5.56 Å². The molecule has 0 fully saturated rings. The van der Waals surface area contributed by atoms with Gasteiger partial charge in [-0.2, -0.15) is 0 Å². The maximum atomic E-state index is 12.7. The summed E-state index contributed by atoms with van der Waals surface area (Å²) in [6, 6.07) is 12.0. The second-order valence-electron chi connectivity index (χ2n) is 7.74. The Labute approximate surface area is 175 Å². The first-order valence-electron chi connectivity index (χ1n) is 10.4. The summed E-state index contributed by atoms with van der Waals surface area (Å²) in [6.07, 6.45) is 6.96. The van der Waals surface area contributed by atoms with E-state index in [4.69, 9.17) is 0 Å². The fourth-order valence-electron chi connectivity index (χ4n) is 3.91. The Morgan fingerprint density at radius 1 is 1.17 bits per heavy atom. The van der Waals surface area contributed by atoms with E-state index in [9.17, 15) is 9.59 Å². The number of hydrogen-bond donors (Lipinski definition) is 1. The number of fused-ring (bicyclic) bond motifs is 1. The van der Waals surface area contributed by atoms with Gasteiger partial charge in [-0.25, -0.2) is 0 Å². The Morgan fingerprint density at radius 2 is 2.00 bits per heavy atom.